The molecule has 2 aliphatic rings. The summed E-state index contributed by atoms with van der Waals surface area (Å²) in [4.78, 5) is 11.5. The Hall–Kier alpha value is -1.55. The third kappa shape index (κ3) is 2.74. The lowest BCUT2D eigenvalue weighted by Gasteiger charge is -2.49. The van der Waals surface area contributed by atoms with Crippen LogP contribution < -0.4 is 4.74 Å². The lowest BCUT2D eigenvalue weighted by molar-refractivity contribution is -0.209. The van der Waals surface area contributed by atoms with Gasteiger partial charge in [0.25, 0.3) is 0 Å². The maximum Gasteiger partial charge on any atom is 0.191 e. The summed E-state index contributed by atoms with van der Waals surface area (Å²) in [5, 5.41) is 20.3. The predicted molar refractivity (Wildman–Crippen MR) is 86.2 cm³/mol. The summed E-state index contributed by atoms with van der Waals surface area (Å²) in [5.41, 5.74) is -1.04. The third-order valence-electron chi connectivity index (χ3n) is 4.67. The summed E-state index contributed by atoms with van der Waals surface area (Å²) >= 11 is 1.25. The molecule has 1 fully saturated rings. The molecule has 5 nitrogen and oxygen atoms in total. The van der Waals surface area contributed by atoms with E-state index in [4.69, 9.17) is 14.7 Å². The fourth-order valence-electron chi connectivity index (χ4n) is 2.89. The molecule has 3 unspecified atom stereocenters. The molecule has 1 aromatic carbocycles. The van der Waals surface area contributed by atoms with Gasteiger partial charge in [0.05, 0.1) is 17.7 Å². The zero-order chi connectivity index (χ0) is 16.8. The highest BCUT2D eigenvalue weighted by Gasteiger charge is 2.54. The van der Waals surface area contributed by atoms with Crippen molar-refractivity contribution in [3.63, 3.8) is 0 Å². The fourth-order valence-corrected chi connectivity index (χ4v) is 3.76. The number of carbonyl (C=O) groups is 1. The number of ether oxygens (including phenoxy) is 2. The van der Waals surface area contributed by atoms with Gasteiger partial charge in [0, 0.05) is 17.7 Å². The van der Waals surface area contributed by atoms with Gasteiger partial charge < -0.3 is 14.6 Å². The fraction of sp³-hybridized carbons (Fsp3) is 0.529. The number of fused-ring (bicyclic) bond motifs is 1. The van der Waals surface area contributed by atoms with Crippen molar-refractivity contribution in [2.24, 2.45) is 0 Å². The molecule has 3 rings (SSSR count). The Morgan fingerprint density at radius 3 is 2.78 bits per heavy atom. The molecule has 0 aliphatic carbocycles. The molecule has 6 heteroatoms. The lowest BCUT2D eigenvalue weighted by atomic mass is 9.76. The van der Waals surface area contributed by atoms with Crippen molar-refractivity contribution < 1.29 is 19.4 Å². The molecule has 23 heavy (non-hydrogen) atoms. The summed E-state index contributed by atoms with van der Waals surface area (Å²) in [7, 11) is 0. The van der Waals surface area contributed by atoms with Crippen molar-refractivity contribution in [3.8, 4) is 11.8 Å². The summed E-state index contributed by atoms with van der Waals surface area (Å²) in [6.07, 6.45) is -0.561. The first kappa shape index (κ1) is 16.3. The van der Waals surface area contributed by atoms with Crippen LogP contribution in [0.2, 0.25) is 0 Å². The van der Waals surface area contributed by atoms with E-state index in [1.807, 2.05) is 0 Å². The average Bonchev–Trinajstić information content (AvgIpc) is 2.89. The minimum atomic E-state index is -1.30. The van der Waals surface area contributed by atoms with Crippen LogP contribution >= 0.6 is 11.8 Å². The van der Waals surface area contributed by atoms with Crippen LogP contribution in [0.5, 0.6) is 5.75 Å². The molecule has 3 atom stereocenters. The minimum Gasteiger partial charge on any atom is -0.484 e. The van der Waals surface area contributed by atoms with Gasteiger partial charge in [-0.1, -0.05) is 11.8 Å². The van der Waals surface area contributed by atoms with Crippen LogP contribution in [0.1, 0.15) is 44.4 Å². The second-order valence-corrected chi connectivity index (χ2v) is 7.73. The number of carbonyl (C=O) groups excluding carboxylic acids is 1. The van der Waals surface area contributed by atoms with Crippen molar-refractivity contribution in [2.45, 2.75) is 50.6 Å². The zero-order valence-corrected chi connectivity index (χ0v) is 14.1. The maximum atomic E-state index is 11.5. The standard InChI is InChI=1S/C17H19NO4S/c1-16(2)17(3,20)15(21-11-7-14(19)23-9-11)12-6-10(8-18)4-5-13(12)22-16/h4-6,11,15,20H,7,9H2,1-3H3. The maximum absolute atomic E-state index is 11.5. The molecule has 122 valence electrons. The van der Waals surface area contributed by atoms with Gasteiger partial charge in [0.2, 0.25) is 0 Å². The van der Waals surface area contributed by atoms with Crippen molar-refractivity contribution in [3.05, 3.63) is 29.3 Å². The van der Waals surface area contributed by atoms with Gasteiger partial charge in [-0.15, -0.1) is 0 Å². The third-order valence-corrected chi connectivity index (χ3v) is 5.70. The van der Waals surface area contributed by atoms with Crippen molar-refractivity contribution in [1.82, 2.24) is 0 Å². The van der Waals surface area contributed by atoms with Crippen molar-refractivity contribution in [2.75, 3.05) is 5.75 Å². The summed E-state index contributed by atoms with van der Waals surface area (Å²) < 4.78 is 12.1. The predicted octanol–water partition coefficient (Wildman–Crippen LogP) is 2.57. The number of hydrogen-bond donors (Lipinski definition) is 1. The molecule has 0 saturated carbocycles. The van der Waals surface area contributed by atoms with Crippen LogP contribution in [0.3, 0.4) is 0 Å². The first-order valence-electron chi connectivity index (χ1n) is 7.51. The number of nitriles is 1. The Kier molecular flexibility index (Phi) is 3.91. The van der Waals surface area contributed by atoms with Crippen LogP contribution in [0.25, 0.3) is 0 Å². The monoisotopic (exact) mass is 333 g/mol. The first-order valence-corrected chi connectivity index (χ1v) is 8.49. The van der Waals surface area contributed by atoms with E-state index in [0.29, 0.717) is 29.1 Å². The highest BCUT2D eigenvalue weighted by Crippen LogP contribution is 2.49. The molecule has 0 radical (unpaired) electrons. The Morgan fingerprint density at radius 1 is 1.43 bits per heavy atom. The normalized spacial score (nSPS) is 32.0. The number of rotatable bonds is 2. The molecule has 2 heterocycles. The second-order valence-electron chi connectivity index (χ2n) is 6.65. The van der Waals surface area contributed by atoms with E-state index < -0.39 is 17.3 Å². The highest BCUT2D eigenvalue weighted by molar-refractivity contribution is 8.14. The number of nitrogens with zero attached hydrogens (tertiary/aromatic N) is 1. The van der Waals surface area contributed by atoms with E-state index >= 15 is 0 Å². The van der Waals surface area contributed by atoms with Gasteiger partial charge in [-0.25, -0.2) is 0 Å². The largest absolute Gasteiger partial charge is 0.484 e. The number of hydrogen-bond acceptors (Lipinski definition) is 6. The quantitative estimate of drug-likeness (QED) is 0.896. The Bertz CT molecular complexity index is 692. The van der Waals surface area contributed by atoms with Gasteiger partial charge >= 0.3 is 0 Å². The molecule has 0 spiro atoms. The molecule has 1 N–H and O–H groups in total. The van der Waals surface area contributed by atoms with Crippen LogP contribution in [0.15, 0.2) is 18.2 Å². The molecule has 1 aromatic rings. The number of benzene rings is 1. The molecule has 2 aliphatic heterocycles. The summed E-state index contributed by atoms with van der Waals surface area (Å²) in [5.74, 6) is 1.18. The summed E-state index contributed by atoms with van der Waals surface area (Å²) in [6, 6.07) is 7.20. The van der Waals surface area contributed by atoms with E-state index in [1.165, 1.54) is 11.8 Å². The van der Waals surface area contributed by atoms with Crippen molar-refractivity contribution >= 4 is 16.9 Å². The Morgan fingerprint density at radius 2 is 2.17 bits per heavy atom. The Labute approximate surface area is 139 Å². The molecule has 0 aromatic heterocycles. The second kappa shape index (κ2) is 5.52. The molecule has 0 bridgehead atoms. The minimum absolute atomic E-state index is 0.104. The van der Waals surface area contributed by atoms with Gasteiger partial charge in [0.1, 0.15) is 23.1 Å². The van der Waals surface area contributed by atoms with Gasteiger partial charge in [-0.3, -0.25) is 4.79 Å². The Balaban J connectivity index is 2.03. The molecular formula is C17H19NO4S. The van der Waals surface area contributed by atoms with Gasteiger partial charge in [-0.05, 0) is 39.0 Å². The first-order chi connectivity index (χ1) is 10.7. The van der Waals surface area contributed by atoms with E-state index in [-0.39, 0.29) is 11.2 Å². The summed E-state index contributed by atoms with van der Waals surface area (Å²) in [6.45, 7) is 5.28. The van der Waals surface area contributed by atoms with Crippen LogP contribution in [-0.4, -0.2) is 33.3 Å². The molecule has 1 saturated heterocycles. The van der Waals surface area contributed by atoms with Crippen LogP contribution in [0.4, 0.5) is 0 Å². The average molecular weight is 333 g/mol. The SMILES string of the molecule is CC1(C)Oc2ccc(C#N)cc2C(OC2CSC(=O)C2)C1(C)O. The van der Waals surface area contributed by atoms with Crippen LogP contribution in [0, 0.1) is 11.3 Å². The topological polar surface area (TPSA) is 79.5 Å². The van der Waals surface area contributed by atoms with Gasteiger partial charge in [-0.2, -0.15) is 5.26 Å². The lowest BCUT2D eigenvalue weighted by Crippen LogP contribution is -2.59. The van der Waals surface area contributed by atoms with Crippen LogP contribution in [-0.2, 0) is 9.53 Å². The highest BCUT2D eigenvalue weighted by atomic mass is 32.2. The number of aliphatic hydroxyl groups is 1. The molecular weight excluding hydrogens is 314 g/mol. The van der Waals surface area contributed by atoms with Crippen molar-refractivity contribution in [1.29, 1.82) is 5.26 Å². The van der Waals surface area contributed by atoms with Gasteiger partial charge in [0.15, 0.2) is 5.12 Å². The zero-order valence-electron chi connectivity index (χ0n) is 13.3. The molecule has 0 amide bonds. The number of thioether (sulfide) groups is 1. The van der Waals surface area contributed by atoms with E-state index in [2.05, 4.69) is 6.07 Å². The van der Waals surface area contributed by atoms with E-state index in [0.717, 1.165) is 0 Å². The smallest absolute Gasteiger partial charge is 0.191 e. The van der Waals surface area contributed by atoms with E-state index in [9.17, 15) is 9.90 Å². The van der Waals surface area contributed by atoms with E-state index in [1.54, 1.807) is 39.0 Å².